The SMILES string of the molecule is CCCc1nc2c(C)cc(C(=O)NC[C@H](C)c3ccccc3)cc2n1Cc1ccc(-c2ccccc2-c2nn[nH]n2)cc1. The fraction of sp³-hybridized carbons (Fsp3) is 0.229. The highest BCUT2D eigenvalue weighted by Gasteiger charge is 2.18. The number of imidazole rings is 1. The Morgan fingerprint density at radius 1 is 0.953 bits per heavy atom. The van der Waals surface area contributed by atoms with Gasteiger partial charge in [-0.05, 0) is 64.4 Å². The summed E-state index contributed by atoms with van der Waals surface area (Å²) < 4.78 is 2.26. The van der Waals surface area contributed by atoms with Crippen molar-refractivity contribution in [1.82, 2.24) is 35.5 Å². The van der Waals surface area contributed by atoms with Crippen LogP contribution in [0, 0.1) is 6.92 Å². The lowest BCUT2D eigenvalue weighted by Gasteiger charge is -2.14. The lowest BCUT2D eigenvalue weighted by Crippen LogP contribution is -2.27. The Morgan fingerprint density at radius 2 is 1.70 bits per heavy atom. The summed E-state index contributed by atoms with van der Waals surface area (Å²) in [5, 5.41) is 17.7. The lowest BCUT2D eigenvalue weighted by molar-refractivity contribution is 0.0951. The Labute approximate surface area is 251 Å². The van der Waals surface area contributed by atoms with Gasteiger partial charge in [-0.25, -0.2) is 4.98 Å². The maximum absolute atomic E-state index is 13.3. The number of H-pyrrole nitrogens is 1. The number of nitrogens with one attached hydrogen (secondary N) is 2. The largest absolute Gasteiger partial charge is 0.351 e. The van der Waals surface area contributed by atoms with Gasteiger partial charge >= 0.3 is 0 Å². The van der Waals surface area contributed by atoms with Gasteiger partial charge in [-0.15, -0.1) is 10.2 Å². The molecule has 1 atom stereocenters. The molecule has 1 amide bonds. The molecule has 6 aromatic rings. The van der Waals surface area contributed by atoms with Crippen molar-refractivity contribution < 1.29 is 4.79 Å². The summed E-state index contributed by atoms with van der Waals surface area (Å²) in [6, 6.07) is 30.8. The van der Waals surface area contributed by atoms with E-state index in [1.165, 1.54) is 5.56 Å². The third-order valence-corrected chi connectivity index (χ3v) is 7.92. The number of fused-ring (bicyclic) bond motifs is 1. The number of rotatable bonds is 10. The highest BCUT2D eigenvalue weighted by molar-refractivity contribution is 5.98. The predicted molar refractivity (Wildman–Crippen MR) is 170 cm³/mol. The Bertz CT molecular complexity index is 1840. The third kappa shape index (κ3) is 5.95. The standard InChI is InChI=1S/C35H35N7O/c1-4-10-32-37-33-23(2)19-28(35(43)36-21-24(3)26-11-6-5-7-12-26)20-31(33)42(32)22-25-15-17-27(18-16-25)29-13-8-9-14-30(29)34-38-40-41-39-34/h5-9,11-20,24H,4,10,21-22H2,1-3H3,(H,36,43)(H,38,39,40,41)/t24-/m0/s1. The summed E-state index contributed by atoms with van der Waals surface area (Å²) >= 11 is 0. The average molecular weight is 570 g/mol. The molecule has 43 heavy (non-hydrogen) atoms. The van der Waals surface area contributed by atoms with E-state index in [1.54, 1.807) is 0 Å². The first-order valence-corrected chi connectivity index (χ1v) is 14.8. The molecule has 0 saturated heterocycles. The Hall–Kier alpha value is -5.11. The van der Waals surface area contributed by atoms with Gasteiger partial charge in [0.05, 0.1) is 11.0 Å². The molecular formula is C35H35N7O. The van der Waals surface area contributed by atoms with E-state index in [0.717, 1.165) is 57.5 Å². The van der Waals surface area contributed by atoms with Gasteiger partial charge < -0.3 is 9.88 Å². The molecule has 0 radical (unpaired) electrons. The van der Waals surface area contributed by atoms with Crippen molar-refractivity contribution in [2.75, 3.05) is 6.54 Å². The van der Waals surface area contributed by atoms with Crippen LogP contribution >= 0.6 is 0 Å². The van der Waals surface area contributed by atoms with Crippen molar-refractivity contribution in [3.63, 3.8) is 0 Å². The number of nitrogens with zero attached hydrogens (tertiary/aromatic N) is 5. The minimum absolute atomic E-state index is 0.0674. The zero-order valence-electron chi connectivity index (χ0n) is 24.7. The number of tetrazole rings is 1. The molecule has 0 spiro atoms. The maximum atomic E-state index is 13.3. The smallest absolute Gasteiger partial charge is 0.251 e. The van der Waals surface area contributed by atoms with E-state index < -0.39 is 0 Å². The van der Waals surface area contributed by atoms with E-state index >= 15 is 0 Å². The molecule has 4 aromatic carbocycles. The van der Waals surface area contributed by atoms with Crippen molar-refractivity contribution in [2.24, 2.45) is 0 Å². The number of aryl methyl sites for hydroxylation is 2. The van der Waals surface area contributed by atoms with Crippen LogP contribution < -0.4 is 5.32 Å². The van der Waals surface area contributed by atoms with Gasteiger partial charge in [-0.3, -0.25) is 4.79 Å². The average Bonchev–Trinajstić information content (AvgIpc) is 3.70. The molecule has 8 heteroatoms. The van der Waals surface area contributed by atoms with Gasteiger partial charge in [0.15, 0.2) is 0 Å². The Morgan fingerprint density at radius 3 is 2.42 bits per heavy atom. The maximum Gasteiger partial charge on any atom is 0.251 e. The van der Waals surface area contributed by atoms with Crippen molar-refractivity contribution in [3.05, 3.63) is 119 Å². The molecule has 0 fully saturated rings. The lowest BCUT2D eigenvalue weighted by atomic mass is 9.98. The van der Waals surface area contributed by atoms with Crippen molar-refractivity contribution in [1.29, 1.82) is 0 Å². The molecule has 2 N–H and O–H groups in total. The van der Waals surface area contributed by atoms with Gasteiger partial charge in [0.25, 0.3) is 5.91 Å². The minimum Gasteiger partial charge on any atom is -0.351 e. The van der Waals surface area contributed by atoms with Crippen LogP contribution in [0.5, 0.6) is 0 Å². The van der Waals surface area contributed by atoms with Crippen molar-refractivity contribution in [2.45, 2.75) is 46.1 Å². The first-order chi connectivity index (χ1) is 21.0. The molecule has 0 aliphatic heterocycles. The molecular weight excluding hydrogens is 534 g/mol. The fourth-order valence-corrected chi connectivity index (χ4v) is 5.59. The first kappa shape index (κ1) is 28.0. The monoisotopic (exact) mass is 569 g/mol. The molecule has 0 unspecified atom stereocenters. The summed E-state index contributed by atoms with van der Waals surface area (Å²) in [5.41, 5.74) is 9.00. The molecule has 2 heterocycles. The van der Waals surface area contributed by atoms with Crippen LogP contribution in [0.3, 0.4) is 0 Å². The van der Waals surface area contributed by atoms with Gasteiger partial charge in [-0.2, -0.15) is 5.21 Å². The van der Waals surface area contributed by atoms with Gasteiger partial charge in [0.2, 0.25) is 5.82 Å². The molecule has 6 rings (SSSR count). The van der Waals surface area contributed by atoms with Crippen LogP contribution in [-0.4, -0.2) is 42.6 Å². The van der Waals surface area contributed by atoms with E-state index in [1.807, 2.05) is 55.5 Å². The van der Waals surface area contributed by atoms with E-state index in [0.29, 0.717) is 24.5 Å². The van der Waals surface area contributed by atoms with E-state index in [9.17, 15) is 4.79 Å². The summed E-state index contributed by atoms with van der Waals surface area (Å²) in [4.78, 5) is 18.3. The molecule has 0 aliphatic carbocycles. The number of aromatic nitrogens is 6. The second-order valence-electron chi connectivity index (χ2n) is 11.0. The zero-order chi connectivity index (χ0) is 29.8. The number of hydrogen-bond acceptors (Lipinski definition) is 5. The molecule has 0 saturated carbocycles. The number of aromatic amines is 1. The van der Waals surface area contributed by atoms with E-state index in [2.05, 4.69) is 86.8 Å². The predicted octanol–water partition coefficient (Wildman–Crippen LogP) is 6.73. The van der Waals surface area contributed by atoms with Gasteiger partial charge in [0.1, 0.15) is 5.82 Å². The Kier molecular flexibility index (Phi) is 8.09. The highest BCUT2D eigenvalue weighted by Crippen LogP contribution is 2.30. The first-order valence-electron chi connectivity index (χ1n) is 14.8. The van der Waals surface area contributed by atoms with Crippen LogP contribution in [0.4, 0.5) is 0 Å². The van der Waals surface area contributed by atoms with Crippen LogP contribution in [-0.2, 0) is 13.0 Å². The van der Waals surface area contributed by atoms with Crippen LogP contribution in [0.2, 0.25) is 0 Å². The Balaban J connectivity index is 1.27. The topological polar surface area (TPSA) is 101 Å². The molecule has 2 aromatic heterocycles. The summed E-state index contributed by atoms with van der Waals surface area (Å²) in [6.07, 6.45) is 1.85. The fourth-order valence-electron chi connectivity index (χ4n) is 5.59. The molecule has 216 valence electrons. The van der Waals surface area contributed by atoms with Crippen LogP contribution in [0.25, 0.3) is 33.5 Å². The van der Waals surface area contributed by atoms with Crippen LogP contribution in [0.15, 0.2) is 91.0 Å². The molecule has 0 bridgehead atoms. The summed E-state index contributed by atoms with van der Waals surface area (Å²) in [6.45, 7) is 7.57. The van der Waals surface area contributed by atoms with E-state index in [-0.39, 0.29) is 11.8 Å². The molecule has 8 nitrogen and oxygen atoms in total. The number of amides is 1. The number of hydrogen-bond donors (Lipinski definition) is 2. The van der Waals surface area contributed by atoms with Gasteiger partial charge in [-0.1, -0.05) is 92.7 Å². The minimum atomic E-state index is -0.0674. The molecule has 0 aliphatic rings. The second kappa shape index (κ2) is 12.4. The summed E-state index contributed by atoms with van der Waals surface area (Å²) in [7, 11) is 0. The van der Waals surface area contributed by atoms with Crippen molar-refractivity contribution in [3.8, 4) is 22.5 Å². The number of carbonyl (C=O) groups excluding carboxylic acids is 1. The quantitative estimate of drug-likeness (QED) is 0.191. The number of benzene rings is 4. The second-order valence-corrected chi connectivity index (χ2v) is 11.0. The van der Waals surface area contributed by atoms with Crippen molar-refractivity contribution >= 4 is 16.9 Å². The number of carbonyl (C=O) groups is 1. The van der Waals surface area contributed by atoms with E-state index in [4.69, 9.17) is 4.98 Å². The third-order valence-electron chi connectivity index (χ3n) is 7.92. The highest BCUT2D eigenvalue weighted by atomic mass is 16.1. The normalized spacial score (nSPS) is 12.0. The van der Waals surface area contributed by atoms with Crippen LogP contribution in [0.1, 0.15) is 59.1 Å². The van der Waals surface area contributed by atoms with Gasteiger partial charge in [0, 0.05) is 30.6 Å². The zero-order valence-corrected chi connectivity index (χ0v) is 24.7. The summed E-state index contributed by atoms with van der Waals surface area (Å²) in [5.74, 6) is 1.75.